The second-order valence-electron chi connectivity index (χ2n) is 5.17. The van der Waals surface area contributed by atoms with Crippen molar-refractivity contribution in [1.29, 1.82) is 0 Å². The van der Waals surface area contributed by atoms with E-state index < -0.39 is 18.9 Å². The number of hydrogen-bond donors (Lipinski definition) is 1. The molecule has 0 bridgehead atoms. The van der Waals surface area contributed by atoms with Crippen LogP contribution in [0, 0.1) is 6.92 Å². The quantitative estimate of drug-likeness (QED) is 0.746. The molecule has 0 fully saturated rings. The molecular weight excluding hydrogens is 322 g/mol. The first-order chi connectivity index (χ1) is 11.5. The Balaban J connectivity index is 1.82. The Bertz CT molecular complexity index is 885. The zero-order valence-corrected chi connectivity index (χ0v) is 12.7. The Hall–Kier alpha value is -2.90. The molecule has 0 saturated carbocycles. The number of halogens is 2. The van der Waals surface area contributed by atoms with E-state index in [9.17, 15) is 18.7 Å². The summed E-state index contributed by atoms with van der Waals surface area (Å²) in [6.07, 6.45) is 0.392. The molecule has 2 aromatic heterocycles. The van der Waals surface area contributed by atoms with E-state index in [1.165, 1.54) is 17.0 Å². The van der Waals surface area contributed by atoms with Gasteiger partial charge in [0.05, 0.1) is 6.54 Å². The van der Waals surface area contributed by atoms with Crippen molar-refractivity contribution in [2.75, 3.05) is 0 Å². The number of carboxylic acid groups (broad SMARTS) is 1. The Labute approximate surface area is 135 Å². The third-order valence-electron chi connectivity index (χ3n) is 3.55. The average Bonchev–Trinajstić information content (AvgIpc) is 3.06. The molecule has 0 saturated heterocycles. The predicted molar refractivity (Wildman–Crippen MR) is 80.5 cm³/mol. The molecule has 1 aromatic carbocycles. The van der Waals surface area contributed by atoms with Crippen LogP contribution in [0.15, 0.2) is 35.0 Å². The van der Waals surface area contributed by atoms with Gasteiger partial charge in [-0.2, -0.15) is 0 Å². The van der Waals surface area contributed by atoms with Gasteiger partial charge in [0, 0.05) is 17.8 Å². The molecule has 3 aromatic rings. The number of imidazole rings is 1. The molecule has 8 heteroatoms. The van der Waals surface area contributed by atoms with Gasteiger partial charge in [0.25, 0.3) is 6.43 Å². The summed E-state index contributed by atoms with van der Waals surface area (Å²) in [5.41, 5.74) is 0.520. The number of fused-ring (bicyclic) bond motifs is 1. The zero-order chi connectivity index (χ0) is 17.3. The molecule has 0 aliphatic heterocycles. The first-order valence-corrected chi connectivity index (χ1v) is 7.13. The second-order valence-corrected chi connectivity index (χ2v) is 5.17. The van der Waals surface area contributed by atoms with Crippen molar-refractivity contribution in [2.24, 2.45) is 0 Å². The summed E-state index contributed by atoms with van der Waals surface area (Å²) in [4.78, 5) is 15.3. The molecule has 1 N–H and O–H groups in total. The molecule has 3 rings (SSSR count). The maximum absolute atomic E-state index is 12.5. The topological polar surface area (TPSA) is 77.5 Å². The Morgan fingerprint density at radius 1 is 1.46 bits per heavy atom. The lowest BCUT2D eigenvalue weighted by atomic mass is 10.1. The number of carboxylic acids is 1. The maximum atomic E-state index is 12.5. The molecule has 0 atom stereocenters. The van der Waals surface area contributed by atoms with Gasteiger partial charge in [-0.1, -0.05) is 0 Å². The summed E-state index contributed by atoms with van der Waals surface area (Å²) >= 11 is 0. The summed E-state index contributed by atoms with van der Waals surface area (Å²) in [6.45, 7) is 1.11. The minimum absolute atomic E-state index is 0.00946. The van der Waals surface area contributed by atoms with Crippen molar-refractivity contribution in [1.82, 2.24) is 9.55 Å². The van der Waals surface area contributed by atoms with Crippen molar-refractivity contribution < 1.29 is 27.8 Å². The SMILES string of the molecule is Cc1oc2ccc(OCc3nccn3CC(F)F)cc2c1C(=O)O. The van der Waals surface area contributed by atoms with Gasteiger partial charge >= 0.3 is 5.97 Å². The highest BCUT2D eigenvalue weighted by molar-refractivity contribution is 6.03. The van der Waals surface area contributed by atoms with Crippen molar-refractivity contribution in [3.8, 4) is 5.75 Å². The average molecular weight is 336 g/mol. The summed E-state index contributed by atoms with van der Waals surface area (Å²) in [5, 5.41) is 9.68. The van der Waals surface area contributed by atoms with Gasteiger partial charge in [0.15, 0.2) is 0 Å². The van der Waals surface area contributed by atoms with Crippen LogP contribution in [-0.2, 0) is 13.2 Å². The van der Waals surface area contributed by atoms with Crippen LogP contribution >= 0.6 is 0 Å². The van der Waals surface area contributed by atoms with Crippen LogP contribution in [0.5, 0.6) is 5.75 Å². The number of furan rings is 1. The summed E-state index contributed by atoms with van der Waals surface area (Å²) in [6, 6.07) is 4.78. The van der Waals surface area contributed by atoms with E-state index in [4.69, 9.17) is 9.15 Å². The number of benzene rings is 1. The van der Waals surface area contributed by atoms with Crippen LogP contribution in [0.25, 0.3) is 11.0 Å². The smallest absolute Gasteiger partial charge is 0.339 e. The minimum atomic E-state index is -2.48. The van der Waals surface area contributed by atoms with E-state index in [0.717, 1.165) is 0 Å². The van der Waals surface area contributed by atoms with Gasteiger partial charge in [-0.05, 0) is 25.1 Å². The third kappa shape index (κ3) is 3.08. The molecular formula is C16H14F2N2O4. The van der Waals surface area contributed by atoms with E-state index >= 15 is 0 Å². The van der Waals surface area contributed by atoms with Gasteiger partial charge in [0.1, 0.15) is 35.1 Å². The second kappa shape index (κ2) is 6.31. The number of nitrogens with zero attached hydrogens (tertiary/aromatic N) is 2. The molecule has 0 radical (unpaired) electrons. The van der Waals surface area contributed by atoms with Gasteiger partial charge in [-0.3, -0.25) is 0 Å². The van der Waals surface area contributed by atoms with E-state index in [-0.39, 0.29) is 12.2 Å². The number of aryl methyl sites for hydroxylation is 1. The number of ether oxygens (including phenoxy) is 1. The van der Waals surface area contributed by atoms with E-state index in [1.807, 2.05) is 0 Å². The maximum Gasteiger partial charge on any atom is 0.339 e. The molecule has 2 heterocycles. The fraction of sp³-hybridized carbons (Fsp3) is 0.250. The van der Waals surface area contributed by atoms with Crippen LogP contribution in [-0.4, -0.2) is 27.1 Å². The standard InChI is InChI=1S/C16H14F2N2O4/c1-9-15(16(21)22)11-6-10(2-3-12(11)24-9)23-8-14-19-4-5-20(14)7-13(17)18/h2-6,13H,7-8H2,1H3,(H,21,22). The molecule has 0 amide bonds. The first-order valence-electron chi connectivity index (χ1n) is 7.13. The largest absolute Gasteiger partial charge is 0.486 e. The molecule has 6 nitrogen and oxygen atoms in total. The minimum Gasteiger partial charge on any atom is -0.486 e. The van der Waals surface area contributed by atoms with Crippen LogP contribution in [0.1, 0.15) is 21.9 Å². The van der Waals surface area contributed by atoms with Gasteiger partial charge in [0.2, 0.25) is 0 Å². The highest BCUT2D eigenvalue weighted by Crippen LogP contribution is 2.29. The summed E-state index contributed by atoms with van der Waals surface area (Å²) < 4.78 is 37.2. The van der Waals surface area contributed by atoms with Crippen molar-refractivity contribution in [3.63, 3.8) is 0 Å². The normalized spacial score (nSPS) is 11.3. The van der Waals surface area contributed by atoms with Gasteiger partial charge < -0.3 is 18.8 Å². The van der Waals surface area contributed by atoms with Crippen molar-refractivity contribution in [2.45, 2.75) is 26.5 Å². The summed E-state index contributed by atoms with van der Waals surface area (Å²) in [5.74, 6) is -0.0207. The molecule has 0 aliphatic rings. The lowest BCUT2D eigenvalue weighted by Crippen LogP contribution is -2.11. The van der Waals surface area contributed by atoms with Crippen LogP contribution in [0.4, 0.5) is 8.78 Å². The monoisotopic (exact) mass is 336 g/mol. The first kappa shape index (κ1) is 16.0. The number of carbonyl (C=O) groups is 1. The highest BCUT2D eigenvalue weighted by Gasteiger charge is 2.18. The van der Waals surface area contributed by atoms with Gasteiger partial charge in [-0.15, -0.1) is 0 Å². The fourth-order valence-corrected chi connectivity index (χ4v) is 2.50. The number of hydrogen-bond acceptors (Lipinski definition) is 4. The molecule has 0 spiro atoms. The van der Waals surface area contributed by atoms with E-state index in [1.54, 1.807) is 25.1 Å². The number of rotatable bonds is 6. The Kier molecular flexibility index (Phi) is 4.20. The van der Waals surface area contributed by atoms with Crippen molar-refractivity contribution in [3.05, 3.63) is 47.7 Å². The Morgan fingerprint density at radius 2 is 2.25 bits per heavy atom. The molecule has 0 aliphatic carbocycles. The zero-order valence-electron chi connectivity index (χ0n) is 12.7. The van der Waals surface area contributed by atoms with Gasteiger partial charge in [-0.25, -0.2) is 18.6 Å². The van der Waals surface area contributed by atoms with Crippen LogP contribution < -0.4 is 4.74 Å². The van der Waals surface area contributed by atoms with E-state index in [2.05, 4.69) is 4.98 Å². The lowest BCUT2D eigenvalue weighted by molar-refractivity contribution is 0.0697. The fourth-order valence-electron chi connectivity index (χ4n) is 2.50. The lowest BCUT2D eigenvalue weighted by Gasteiger charge is -2.09. The molecule has 126 valence electrons. The number of aromatic nitrogens is 2. The predicted octanol–water partition coefficient (Wildman–Crippen LogP) is 3.48. The number of aromatic carboxylic acids is 1. The molecule has 24 heavy (non-hydrogen) atoms. The highest BCUT2D eigenvalue weighted by atomic mass is 19.3. The van der Waals surface area contributed by atoms with Crippen LogP contribution in [0.3, 0.4) is 0 Å². The van der Waals surface area contributed by atoms with Crippen molar-refractivity contribution >= 4 is 16.9 Å². The van der Waals surface area contributed by atoms with Crippen LogP contribution in [0.2, 0.25) is 0 Å². The molecule has 0 unspecified atom stereocenters. The Morgan fingerprint density at radius 3 is 2.96 bits per heavy atom. The summed E-state index contributed by atoms with van der Waals surface area (Å²) in [7, 11) is 0. The third-order valence-corrected chi connectivity index (χ3v) is 3.55. The number of alkyl halides is 2. The van der Waals surface area contributed by atoms with E-state index in [0.29, 0.717) is 28.3 Å².